The number of urea groups is 1. The molecule has 44 heavy (non-hydrogen) atoms. The van der Waals surface area contributed by atoms with Crippen LogP contribution in [0, 0.1) is 28.6 Å². The number of nitrogens with zero attached hydrogens (tertiary/aromatic N) is 1. The van der Waals surface area contributed by atoms with Gasteiger partial charge in [0.1, 0.15) is 18.1 Å². The van der Waals surface area contributed by atoms with Crippen LogP contribution in [0.1, 0.15) is 87.0 Å². The first-order valence-corrected chi connectivity index (χ1v) is 15.6. The van der Waals surface area contributed by atoms with Gasteiger partial charge in [0, 0.05) is 6.54 Å². The van der Waals surface area contributed by atoms with E-state index in [1.54, 1.807) is 20.8 Å². The quantitative estimate of drug-likeness (QED) is 0.139. The molecule has 0 aromatic heterocycles. The molecular formula is C32H51N5O7. The fraction of sp³-hybridized carbons (Fsp3) is 0.750. The van der Waals surface area contributed by atoms with E-state index in [0.29, 0.717) is 18.9 Å². The Morgan fingerprint density at radius 2 is 1.43 bits per heavy atom. The fourth-order valence-corrected chi connectivity index (χ4v) is 5.36. The lowest BCUT2D eigenvalue weighted by atomic mass is 9.85. The minimum atomic E-state index is -1.12. The number of primary amides is 1. The first-order chi connectivity index (χ1) is 20.3. The molecule has 3 aliphatic rings. The van der Waals surface area contributed by atoms with E-state index in [-0.39, 0.29) is 24.8 Å². The highest BCUT2D eigenvalue weighted by Gasteiger charge is 2.46. The Hall–Kier alpha value is -3.44. The number of hydrogen-bond acceptors (Lipinski definition) is 7. The number of esters is 1. The monoisotopic (exact) mass is 617 g/mol. The summed E-state index contributed by atoms with van der Waals surface area (Å²) in [5.74, 6) is -3.18. The van der Waals surface area contributed by atoms with Gasteiger partial charge in [-0.2, -0.15) is 0 Å². The normalized spacial score (nSPS) is 22.3. The van der Waals surface area contributed by atoms with Crippen LogP contribution in [0.15, 0.2) is 12.2 Å². The van der Waals surface area contributed by atoms with Crippen molar-refractivity contribution in [2.24, 2.45) is 34.3 Å². The maximum Gasteiger partial charge on any atom is 0.329 e. The first-order valence-electron chi connectivity index (χ1n) is 15.6. The van der Waals surface area contributed by atoms with E-state index in [1.807, 2.05) is 27.7 Å². The van der Waals surface area contributed by atoms with Crippen LogP contribution >= 0.6 is 0 Å². The predicted molar refractivity (Wildman–Crippen MR) is 164 cm³/mol. The second-order valence-corrected chi connectivity index (χ2v) is 15.0. The Bertz CT molecular complexity index is 1160. The van der Waals surface area contributed by atoms with E-state index in [0.717, 1.165) is 31.3 Å². The van der Waals surface area contributed by atoms with E-state index < -0.39 is 70.5 Å². The number of ketones is 1. The van der Waals surface area contributed by atoms with Gasteiger partial charge in [-0.05, 0) is 61.2 Å². The SMILES string of the molecule is C=C(C)[C@@H]1C[C@@H](C(=O)NC(CC2CC2)C(=O)C(N)=O)N(C(=O)[C@@H](NC(=O)N[C@H](C(=O)OCC2CC2)C(C)(C)C)C(C)(C)C)C1. The lowest BCUT2D eigenvalue weighted by Crippen LogP contribution is -2.61. The van der Waals surface area contributed by atoms with Crippen molar-refractivity contribution >= 4 is 35.5 Å². The lowest BCUT2D eigenvalue weighted by molar-refractivity contribution is -0.149. The summed E-state index contributed by atoms with van der Waals surface area (Å²) in [5, 5.41) is 8.16. The van der Waals surface area contributed by atoms with E-state index in [2.05, 4.69) is 22.5 Å². The Morgan fingerprint density at radius 3 is 1.91 bits per heavy atom. The molecule has 1 saturated heterocycles. The molecule has 3 rings (SSSR count). The number of rotatable bonds is 13. The second-order valence-electron chi connectivity index (χ2n) is 15.0. The highest BCUT2D eigenvalue weighted by molar-refractivity contribution is 6.37. The summed E-state index contributed by atoms with van der Waals surface area (Å²) in [6, 6.07) is -4.76. The van der Waals surface area contributed by atoms with Gasteiger partial charge in [-0.15, -0.1) is 0 Å². The zero-order valence-corrected chi connectivity index (χ0v) is 27.3. The van der Waals surface area contributed by atoms with E-state index in [4.69, 9.17) is 10.5 Å². The van der Waals surface area contributed by atoms with Crippen molar-refractivity contribution in [3.8, 4) is 0 Å². The van der Waals surface area contributed by atoms with Crippen LogP contribution in [0.5, 0.6) is 0 Å². The molecule has 2 saturated carbocycles. The van der Waals surface area contributed by atoms with Crippen molar-refractivity contribution in [2.45, 2.75) is 111 Å². The zero-order valence-electron chi connectivity index (χ0n) is 27.3. The first kappa shape index (κ1) is 35.0. The average molecular weight is 618 g/mol. The summed E-state index contributed by atoms with van der Waals surface area (Å²) < 4.78 is 5.46. The number of nitrogens with one attached hydrogen (secondary N) is 3. The molecule has 0 radical (unpaired) electrons. The summed E-state index contributed by atoms with van der Waals surface area (Å²) in [5.41, 5.74) is 4.60. The van der Waals surface area contributed by atoms with Crippen LogP contribution in [0.25, 0.3) is 0 Å². The predicted octanol–water partition coefficient (Wildman–Crippen LogP) is 2.20. The molecule has 0 aromatic carbocycles. The largest absolute Gasteiger partial charge is 0.464 e. The van der Waals surface area contributed by atoms with Gasteiger partial charge in [-0.1, -0.05) is 66.5 Å². The topological polar surface area (TPSA) is 177 Å². The Balaban J connectivity index is 1.79. The number of carbonyl (C=O) groups is 6. The molecule has 0 bridgehead atoms. The van der Waals surface area contributed by atoms with Crippen molar-refractivity contribution in [3.05, 3.63) is 12.2 Å². The van der Waals surface area contributed by atoms with E-state index >= 15 is 0 Å². The summed E-state index contributed by atoms with van der Waals surface area (Å²) in [6.07, 6.45) is 4.42. The molecule has 2 aliphatic carbocycles. The number of carbonyl (C=O) groups excluding carboxylic acids is 6. The summed E-state index contributed by atoms with van der Waals surface area (Å²) >= 11 is 0. The number of amides is 5. The Kier molecular flexibility index (Phi) is 10.9. The van der Waals surface area contributed by atoms with Crippen molar-refractivity contribution in [3.63, 3.8) is 0 Å². The molecule has 3 fully saturated rings. The molecule has 5 atom stereocenters. The molecule has 1 heterocycles. The minimum Gasteiger partial charge on any atom is -0.464 e. The van der Waals surface area contributed by atoms with Crippen LogP contribution in [-0.2, 0) is 28.7 Å². The summed E-state index contributed by atoms with van der Waals surface area (Å²) in [7, 11) is 0. The fourth-order valence-electron chi connectivity index (χ4n) is 5.36. The number of nitrogens with two attached hydrogens (primary N) is 1. The third kappa shape index (κ3) is 9.53. The molecule has 12 nitrogen and oxygen atoms in total. The van der Waals surface area contributed by atoms with Gasteiger partial charge in [0.05, 0.1) is 12.6 Å². The van der Waals surface area contributed by atoms with Gasteiger partial charge < -0.3 is 31.3 Å². The van der Waals surface area contributed by atoms with Crippen LogP contribution in [0.3, 0.4) is 0 Å². The van der Waals surface area contributed by atoms with Gasteiger partial charge in [0.25, 0.3) is 5.91 Å². The van der Waals surface area contributed by atoms with Crippen molar-refractivity contribution < 1.29 is 33.5 Å². The highest BCUT2D eigenvalue weighted by Crippen LogP contribution is 2.35. The van der Waals surface area contributed by atoms with Gasteiger partial charge in [0.15, 0.2) is 0 Å². The smallest absolute Gasteiger partial charge is 0.329 e. The molecule has 0 aromatic rings. The number of likely N-dealkylation sites (tertiary alicyclic amines) is 1. The third-order valence-electron chi connectivity index (χ3n) is 8.65. The van der Waals surface area contributed by atoms with Gasteiger partial charge >= 0.3 is 12.0 Å². The van der Waals surface area contributed by atoms with Gasteiger partial charge in [-0.25, -0.2) is 9.59 Å². The maximum atomic E-state index is 14.2. The van der Waals surface area contributed by atoms with Gasteiger partial charge in [-0.3, -0.25) is 19.2 Å². The molecule has 246 valence electrons. The van der Waals surface area contributed by atoms with Crippen molar-refractivity contribution in [1.29, 1.82) is 0 Å². The van der Waals surface area contributed by atoms with Crippen LogP contribution < -0.4 is 21.7 Å². The molecule has 0 spiro atoms. The molecule has 1 aliphatic heterocycles. The lowest BCUT2D eigenvalue weighted by Gasteiger charge is -2.36. The van der Waals surface area contributed by atoms with Gasteiger partial charge in [0.2, 0.25) is 17.6 Å². The Labute approximate surface area is 260 Å². The summed E-state index contributed by atoms with van der Waals surface area (Å²) in [6.45, 7) is 17.2. The summed E-state index contributed by atoms with van der Waals surface area (Å²) in [4.78, 5) is 79.6. The van der Waals surface area contributed by atoms with Crippen LogP contribution in [-0.4, -0.2) is 77.7 Å². The molecular weight excluding hydrogens is 566 g/mol. The van der Waals surface area contributed by atoms with E-state index in [1.165, 1.54) is 4.90 Å². The third-order valence-corrected chi connectivity index (χ3v) is 8.65. The number of ether oxygens (including phenoxy) is 1. The van der Waals surface area contributed by atoms with Crippen LogP contribution in [0.4, 0.5) is 4.79 Å². The van der Waals surface area contributed by atoms with E-state index in [9.17, 15) is 28.8 Å². The highest BCUT2D eigenvalue weighted by atomic mass is 16.5. The zero-order chi connectivity index (χ0) is 33.1. The Morgan fingerprint density at radius 1 is 0.886 bits per heavy atom. The van der Waals surface area contributed by atoms with Crippen molar-refractivity contribution in [2.75, 3.05) is 13.2 Å². The molecule has 5 amide bonds. The number of Topliss-reactive ketones (excluding diaryl/α,β-unsaturated/α-hetero) is 1. The van der Waals surface area contributed by atoms with Crippen LogP contribution in [0.2, 0.25) is 0 Å². The average Bonchev–Trinajstić information content (AvgIpc) is 3.84. The molecule has 12 heteroatoms. The second kappa shape index (κ2) is 13.7. The maximum absolute atomic E-state index is 14.2. The molecule has 1 unspecified atom stereocenters. The standard InChI is InChI=1S/C32H51N5O7/c1-17(2)20-14-22(27(40)34-21(13-18-9-10-18)23(38)26(33)39)37(15-20)28(41)24(31(3,4)5)35-30(43)36-25(32(6,7)8)29(42)44-16-19-11-12-19/h18-22,24-25H,1,9-16H2,2-8H3,(H2,33,39)(H,34,40)(H2,35,36,43)/t20-,21?,22+,24-,25-/m1/s1. The number of hydrogen-bond donors (Lipinski definition) is 4. The minimum absolute atomic E-state index is 0.190. The van der Waals surface area contributed by atoms with Crippen molar-refractivity contribution in [1.82, 2.24) is 20.9 Å². The molecule has 5 N–H and O–H groups in total.